The van der Waals surface area contributed by atoms with Crippen LogP contribution >= 0.6 is 22.9 Å². The molecule has 2 N–H and O–H groups in total. The van der Waals surface area contributed by atoms with Crippen molar-refractivity contribution >= 4 is 44.9 Å². The van der Waals surface area contributed by atoms with E-state index in [0.29, 0.717) is 15.6 Å². The zero-order chi connectivity index (χ0) is 27.4. The Labute approximate surface area is 233 Å². The van der Waals surface area contributed by atoms with E-state index in [-0.39, 0.29) is 18.8 Å². The van der Waals surface area contributed by atoms with Gasteiger partial charge in [-0.25, -0.2) is 9.18 Å². The molecule has 5 aromatic rings. The molecule has 8 heteroatoms. The highest BCUT2D eigenvalue weighted by Gasteiger charge is 2.22. The maximum atomic E-state index is 13.1. The van der Waals surface area contributed by atoms with Crippen LogP contribution in [-0.2, 0) is 17.8 Å². The summed E-state index contributed by atoms with van der Waals surface area (Å²) in [5.74, 6) is -1.26. The number of carboxylic acid groups (broad SMARTS) is 1. The number of halogens is 2. The number of carboxylic acids is 1. The van der Waals surface area contributed by atoms with Crippen molar-refractivity contribution in [3.63, 3.8) is 0 Å². The number of amides is 1. The summed E-state index contributed by atoms with van der Waals surface area (Å²) in [5, 5.41) is 14.0. The summed E-state index contributed by atoms with van der Waals surface area (Å²) in [5.41, 5.74) is 3.58. The number of rotatable bonds is 9. The molecule has 1 aromatic heterocycles. The molecule has 1 atom stereocenters. The molecule has 0 saturated carbocycles. The Hall–Kier alpha value is -4.20. The topological polar surface area (TPSA) is 75.6 Å². The van der Waals surface area contributed by atoms with E-state index in [1.165, 1.54) is 23.5 Å². The molecule has 0 aliphatic rings. The first kappa shape index (κ1) is 26.4. The van der Waals surface area contributed by atoms with Gasteiger partial charge in [-0.1, -0.05) is 54.1 Å². The predicted octanol–water partition coefficient (Wildman–Crippen LogP) is 7.37. The van der Waals surface area contributed by atoms with Gasteiger partial charge in [0.25, 0.3) is 5.91 Å². The molecule has 0 aliphatic heterocycles. The number of thiophene rings is 1. The first-order valence-corrected chi connectivity index (χ1v) is 13.3. The number of fused-ring (bicyclic) bond motifs is 1. The fourth-order valence-corrected chi connectivity index (χ4v) is 5.18. The van der Waals surface area contributed by atoms with Crippen molar-refractivity contribution in [3.05, 3.63) is 124 Å². The van der Waals surface area contributed by atoms with Gasteiger partial charge in [0.15, 0.2) is 0 Å². The lowest BCUT2D eigenvalue weighted by molar-refractivity contribution is -0.139. The smallest absolute Gasteiger partial charge is 0.326 e. The highest BCUT2D eigenvalue weighted by atomic mass is 35.5. The van der Waals surface area contributed by atoms with E-state index in [4.69, 9.17) is 16.3 Å². The Kier molecular flexibility index (Phi) is 7.91. The molecule has 39 heavy (non-hydrogen) atoms. The molecular formula is C31H23ClFNO4S. The molecule has 0 bridgehead atoms. The summed E-state index contributed by atoms with van der Waals surface area (Å²) in [6.07, 6.45) is 0.116. The minimum absolute atomic E-state index is 0.116. The van der Waals surface area contributed by atoms with Gasteiger partial charge in [0.05, 0.1) is 4.88 Å². The number of aliphatic carboxylic acids is 1. The molecule has 5 nitrogen and oxygen atoms in total. The summed E-state index contributed by atoms with van der Waals surface area (Å²) in [6.45, 7) is 0.282. The standard InChI is InChI=1S/C31H23ClFNO4S/c32-24-8-5-21(6-9-24)22-7-14-28-23(16-22)17-29(39-28)30(35)34-27(31(36)37)15-19-3-12-26(13-4-19)38-18-20-1-10-25(33)11-2-20/h1-14,16-17,27H,15,18H2,(H,34,35)(H,36,37). The number of carbonyl (C=O) groups excluding carboxylic acids is 1. The molecule has 4 aromatic carbocycles. The maximum absolute atomic E-state index is 13.1. The van der Waals surface area contributed by atoms with Gasteiger partial charge in [-0.05, 0) is 82.2 Å². The van der Waals surface area contributed by atoms with E-state index in [2.05, 4.69) is 5.32 Å². The maximum Gasteiger partial charge on any atom is 0.326 e. The summed E-state index contributed by atoms with van der Waals surface area (Å²) < 4.78 is 19.7. The van der Waals surface area contributed by atoms with Crippen LogP contribution in [0.1, 0.15) is 20.8 Å². The lowest BCUT2D eigenvalue weighted by Gasteiger charge is -2.14. The molecule has 1 unspecified atom stereocenters. The number of hydrogen-bond donors (Lipinski definition) is 2. The van der Waals surface area contributed by atoms with Gasteiger partial charge < -0.3 is 15.2 Å². The van der Waals surface area contributed by atoms with Crippen molar-refractivity contribution in [2.45, 2.75) is 19.1 Å². The van der Waals surface area contributed by atoms with Gasteiger partial charge in [-0.3, -0.25) is 4.79 Å². The summed E-state index contributed by atoms with van der Waals surface area (Å²) in [7, 11) is 0. The summed E-state index contributed by atoms with van der Waals surface area (Å²) in [4.78, 5) is 25.4. The van der Waals surface area contributed by atoms with Crippen molar-refractivity contribution in [1.82, 2.24) is 5.32 Å². The third-order valence-electron chi connectivity index (χ3n) is 6.20. The second-order valence-electron chi connectivity index (χ2n) is 9.00. The monoisotopic (exact) mass is 559 g/mol. The lowest BCUT2D eigenvalue weighted by Crippen LogP contribution is -2.42. The van der Waals surface area contributed by atoms with E-state index >= 15 is 0 Å². The fraction of sp³-hybridized carbons (Fsp3) is 0.0968. The van der Waals surface area contributed by atoms with Gasteiger partial charge in [0.2, 0.25) is 0 Å². The van der Waals surface area contributed by atoms with Crippen LogP contribution < -0.4 is 10.1 Å². The van der Waals surface area contributed by atoms with Crippen molar-refractivity contribution in [3.8, 4) is 16.9 Å². The zero-order valence-corrected chi connectivity index (χ0v) is 22.1. The van der Waals surface area contributed by atoms with Crippen LogP contribution in [0.2, 0.25) is 5.02 Å². The molecular weight excluding hydrogens is 537 g/mol. The minimum atomic E-state index is -1.12. The van der Waals surface area contributed by atoms with E-state index in [9.17, 15) is 19.1 Å². The third kappa shape index (κ3) is 6.63. The average Bonchev–Trinajstić information content (AvgIpc) is 3.37. The fourth-order valence-electron chi connectivity index (χ4n) is 4.11. The van der Waals surface area contributed by atoms with Gasteiger partial charge in [0, 0.05) is 16.1 Å². The molecule has 1 heterocycles. The van der Waals surface area contributed by atoms with E-state index in [0.717, 1.165) is 32.3 Å². The van der Waals surface area contributed by atoms with Crippen LogP contribution in [-0.4, -0.2) is 23.0 Å². The molecule has 0 saturated heterocycles. The largest absolute Gasteiger partial charge is 0.489 e. The number of benzene rings is 4. The summed E-state index contributed by atoms with van der Waals surface area (Å²) in [6, 6.07) is 27.2. The van der Waals surface area contributed by atoms with Crippen LogP contribution in [0.4, 0.5) is 4.39 Å². The van der Waals surface area contributed by atoms with Crippen molar-refractivity contribution in [2.75, 3.05) is 0 Å². The quantitative estimate of drug-likeness (QED) is 0.198. The lowest BCUT2D eigenvalue weighted by atomic mass is 10.0. The molecule has 0 radical (unpaired) electrons. The molecule has 1 amide bonds. The molecule has 5 rings (SSSR count). The predicted molar refractivity (Wildman–Crippen MR) is 152 cm³/mol. The Bertz CT molecular complexity index is 1620. The van der Waals surface area contributed by atoms with Gasteiger partial charge in [0.1, 0.15) is 24.2 Å². The van der Waals surface area contributed by atoms with E-state index < -0.39 is 17.9 Å². The number of carbonyl (C=O) groups is 2. The van der Waals surface area contributed by atoms with Gasteiger partial charge >= 0.3 is 5.97 Å². The van der Waals surface area contributed by atoms with Gasteiger partial charge in [-0.2, -0.15) is 0 Å². The van der Waals surface area contributed by atoms with Crippen molar-refractivity contribution in [1.29, 1.82) is 0 Å². The Balaban J connectivity index is 1.23. The normalized spacial score (nSPS) is 11.7. The Morgan fingerprint density at radius 2 is 1.54 bits per heavy atom. The first-order chi connectivity index (χ1) is 18.8. The number of nitrogens with one attached hydrogen (secondary N) is 1. The van der Waals surface area contributed by atoms with Crippen LogP contribution in [0.15, 0.2) is 97.1 Å². The van der Waals surface area contributed by atoms with Crippen molar-refractivity contribution in [2.24, 2.45) is 0 Å². The molecule has 0 spiro atoms. The second kappa shape index (κ2) is 11.7. The first-order valence-electron chi connectivity index (χ1n) is 12.1. The van der Waals surface area contributed by atoms with Crippen LogP contribution in [0, 0.1) is 5.82 Å². The zero-order valence-electron chi connectivity index (χ0n) is 20.6. The van der Waals surface area contributed by atoms with Gasteiger partial charge in [-0.15, -0.1) is 11.3 Å². The van der Waals surface area contributed by atoms with Crippen LogP contribution in [0.25, 0.3) is 21.2 Å². The second-order valence-corrected chi connectivity index (χ2v) is 10.5. The minimum Gasteiger partial charge on any atom is -0.489 e. The highest BCUT2D eigenvalue weighted by Crippen LogP contribution is 2.31. The summed E-state index contributed by atoms with van der Waals surface area (Å²) >= 11 is 7.31. The van der Waals surface area contributed by atoms with Crippen LogP contribution in [0.3, 0.4) is 0 Å². The number of ether oxygens (including phenoxy) is 1. The Morgan fingerprint density at radius 1 is 0.872 bits per heavy atom. The third-order valence-corrected chi connectivity index (χ3v) is 7.57. The molecule has 0 fully saturated rings. The molecule has 196 valence electrons. The Morgan fingerprint density at radius 3 is 2.23 bits per heavy atom. The molecule has 0 aliphatic carbocycles. The number of hydrogen-bond acceptors (Lipinski definition) is 4. The van der Waals surface area contributed by atoms with Crippen molar-refractivity contribution < 1.29 is 23.8 Å². The highest BCUT2D eigenvalue weighted by molar-refractivity contribution is 7.20. The van der Waals surface area contributed by atoms with E-state index in [1.54, 1.807) is 42.5 Å². The van der Waals surface area contributed by atoms with E-state index in [1.807, 2.05) is 42.5 Å². The average molecular weight is 560 g/mol. The SMILES string of the molecule is O=C(NC(Cc1ccc(OCc2ccc(F)cc2)cc1)C(=O)O)c1cc2cc(-c3ccc(Cl)cc3)ccc2s1. The van der Waals surface area contributed by atoms with Crippen LogP contribution in [0.5, 0.6) is 5.75 Å².